The van der Waals surface area contributed by atoms with Gasteiger partial charge in [0.15, 0.2) is 0 Å². The lowest BCUT2D eigenvalue weighted by Crippen LogP contribution is -2.23. The summed E-state index contributed by atoms with van der Waals surface area (Å²) in [5.41, 5.74) is 0. The second-order valence-corrected chi connectivity index (χ2v) is 4.83. The molecule has 1 aromatic heterocycles. The molecule has 0 aliphatic carbocycles. The van der Waals surface area contributed by atoms with E-state index in [1.807, 2.05) is 11.3 Å². The normalized spacial score (nSPS) is 13.4. The Kier molecular flexibility index (Phi) is 5.15. The molecule has 3 heteroatoms. The van der Waals surface area contributed by atoms with Crippen LogP contribution in [0.1, 0.15) is 24.3 Å². The highest BCUT2D eigenvalue weighted by Crippen LogP contribution is 2.17. The van der Waals surface area contributed by atoms with Crippen LogP contribution in [-0.4, -0.2) is 32.1 Å². The van der Waals surface area contributed by atoms with Crippen LogP contribution in [-0.2, 0) is 0 Å². The van der Waals surface area contributed by atoms with Gasteiger partial charge in [-0.15, -0.1) is 11.3 Å². The van der Waals surface area contributed by atoms with Gasteiger partial charge in [0.1, 0.15) is 0 Å². The lowest BCUT2D eigenvalue weighted by atomic mass is 10.2. The molecule has 0 aromatic carbocycles. The lowest BCUT2D eigenvalue weighted by Gasteiger charge is -2.13. The van der Waals surface area contributed by atoms with Gasteiger partial charge in [-0.2, -0.15) is 0 Å². The van der Waals surface area contributed by atoms with Crippen molar-refractivity contribution < 1.29 is 0 Å². The van der Waals surface area contributed by atoms with Crippen molar-refractivity contribution in [3.05, 3.63) is 22.4 Å². The van der Waals surface area contributed by atoms with Crippen molar-refractivity contribution in [2.24, 2.45) is 0 Å². The van der Waals surface area contributed by atoms with Crippen LogP contribution in [0.2, 0.25) is 0 Å². The van der Waals surface area contributed by atoms with Crippen LogP contribution in [0.4, 0.5) is 0 Å². The van der Waals surface area contributed by atoms with Gasteiger partial charge in [0.25, 0.3) is 0 Å². The van der Waals surface area contributed by atoms with Crippen LogP contribution < -0.4 is 5.32 Å². The summed E-state index contributed by atoms with van der Waals surface area (Å²) in [7, 11) is 4.23. The maximum atomic E-state index is 3.52. The maximum absolute atomic E-state index is 3.52. The van der Waals surface area contributed by atoms with E-state index in [1.165, 1.54) is 11.3 Å². The summed E-state index contributed by atoms with van der Waals surface area (Å²) in [5, 5.41) is 5.66. The number of rotatable bonds is 6. The number of nitrogens with one attached hydrogen (secondary N) is 1. The van der Waals surface area contributed by atoms with Gasteiger partial charge in [0.2, 0.25) is 0 Å². The van der Waals surface area contributed by atoms with E-state index in [-0.39, 0.29) is 0 Å². The summed E-state index contributed by atoms with van der Waals surface area (Å²) >= 11 is 1.82. The monoisotopic (exact) mass is 212 g/mol. The second-order valence-electron chi connectivity index (χ2n) is 3.85. The van der Waals surface area contributed by atoms with Gasteiger partial charge in [0, 0.05) is 10.9 Å². The molecule has 1 atom stereocenters. The summed E-state index contributed by atoms with van der Waals surface area (Å²) in [6, 6.07) is 4.80. The Morgan fingerprint density at radius 3 is 2.86 bits per heavy atom. The molecule has 0 spiro atoms. The van der Waals surface area contributed by atoms with E-state index in [4.69, 9.17) is 0 Å². The SMILES string of the molecule is CC(NCCCN(C)C)c1cccs1. The number of hydrogen-bond acceptors (Lipinski definition) is 3. The summed E-state index contributed by atoms with van der Waals surface area (Å²) in [4.78, 5) is 3.65. The minimum absolute atomic E-state index is 0.497. The molecule has 0 fully saturated rings. The van der Waals surface area contributed by atoms with Gasteiger partial charge in [-0.25, -0.2) is 0 Å². The largest absolute Gasteiger partial charge is 0.309 e. The third kappa shape index (κ3) is 4.22. The van der Waals surface area contributed by atoms with E-state index in [1.54, 1.807) is 0 Å². The zero-order chi connectivity index (χ0) is 10.4. The maximum Gasteiger partial charge on any atom is 0.0386 e. The van der Waals surface area contributed by atoms with Crippen molar-refractivity contribution in [2.45, 2.75) is 19.4 Å². The van der Waals surface area contributed by atoms with Crippen molar-refractivity contribution in [1.82, 2.24) is 10.2 Å². The van der Waals surface area contributed by atoms with E-state index in [2.05, 4.69) is 48.7 Å². The van der Waals surface area contributed by atoms with Gasteiger partial charge in [-0.05, 0) is 52.0 Å². The third-order valence-corrected chi connectivity index (χ3v) is 3.26. The topological polar surface area (TPSA) is 15.3 Å². The molecule has 0 amide bonds. The molecule has 0 bridgehead atoms. The van der Waals surface area contributed by atoms with Gasteiger partial charge in [-0.1, -0.05) is 6.07 Å². The van der Waals surface area contributed by atoms with Crippen LogP contribution in [0.15, 0.2) is 17.5 Å². The fourth-order valence-corrected chi connectivity index (χ4v) is 2.11. The Hall–Kier alpha value is -0.380. The number of thiophene rings is 1. The smallest absolute Gasteiger partial charge is 0.0386 e. The minimum Gasteiger partial charge on any atom is -0.309 e. The van der Waals surface area contributed by atoms with Crippen LogP contribution in [0.25, 0.3) is 0 Å². The van der Waals surface area contributed by atoms with E-state index in [0.29, 0.717) is 6.04 Å². The molecule has 0 saturated carbocycles. The Bertz CT molecular complexity index is 231. The van der Waals surface area contributed by atoms with Crippen molar-refractivity contribution in [2.75, 3.05) is 27.2 Å². The van der Waals surface area contributed by atoms with Gasteiger partial charge in [0.05, 0.1) is 0 Å². The van der Waals surface area contributed by atoms with Crippen molar-refractivity contribution in [1.29, 1.82) is 0 Å². The molecule has 1 heterocycles. The molecule has 1 rings (SSSR count). The Morgan fingerprint density at radius 2 is 2.29 bits per heavy atom. The lowest BCUT2D eigenvalue weighted by molar-refractivity contribution is 0.389. The van der Waals surface area contributed by atoms with Gasteiger partial charge >= 0.3 is 0 Å². The highest BCUT2D eigenvalue weighted by Gasteiger charge is 2.04. The Balaban J connectivity index is 2.13. The Morgan fingerprint density at radius 1 is 1.50 bits per heavy atom. The standard InChI is InChI=1S/C11H20N2S/c1-10(11-6-4-9-14-11)12-7-5-8-13(2)3/h4,6,9-10,12H,5,7-8H2,1-3H3. The molecular weight excluding hydrogens is 192 g/mol. The molecule has 14 heavy (non-hydrogen) atoms. The first-order valence-electron chi connectivity index (χ1n) is 5.11. The molecule has 0 aliphatic heterocycles. The van der Waals surface area contributed by atoms with Crippen LogP contribution in [0.5, 0.6) is 0 Å². The van der Waals surface area contributed by atoms with E-state index >= 15 is 0 Å². The summed E-state index contributed by atoms with van der Waals surface area (Å²) in [5.74, 6) is 0. The highest BCUT2D eigenvalue weighted by atomic mass is 32.1. The molecule has 1 unspecified atom stereocenters. The summed E-state index contributed by atoms with van der Waals surface area (Å²) in [6.07, 6.45) is 1.21. The fraction of sp³-hybridized carbons (Fsp3) is 0.636. The molecule has 0 radical (unpaired) electrons. The molecule has 2 nitrogen and oxygen atoms in total. The summed E-state index contributed by atoms with van der Waals surface area (Å²) in [6.45, 7) is 4.48. The molecule has 1 N–H and O–H groups in total. The van der Waals surface area contributed by atoms with Gasteiger partial charge in [-0.3, -0.25) is 0 Å². The fourth-order valence-electron chi connectivity index (χ4n) is 1.35. The minimum atomic E-state index is 0.497. The Labute approximate surface area is 90.9 Å². The molecule has 1 aromatic rings. The zero-order valence-corrected chi connectivity index (χ0v) is 10.1. The second kappa shape index (κ2) is 6.17. The average molecular weight is 212 g/mol. The van der Waals surface area contributed by atoms with Crippen molar-refractivity contribution in [3.8, 4) is 0 Å². The first-order valence-corrected chi connectivity index (χ1v) is 5.99. The van der Waals surface area contributed by atoms with E-state index in [0.717, 1.165) is 13.1 Å². The number of nitrogens with zero attached hydrogens (tertiary/aromatic N) is 1. The predicted molar refractivity (Wildman–Crippen MR) is 63.9 cm³/mol. The average Bonchev–Trinajstić information content (AvgIpc) is 2.64. The molecular formula is C11H20N2S. The van der Waals surface area contributed by atoms with Crippen molar-refractivity contribution in [3.63, 3.8) is 0 Å². The highest BCUT2D eigenvalue weighted by molar-refractivity contribution is 7.10. The van der Waals surface area contributed by atoms with Gasteiger partial charge < -0.3 is 10.2 Å². The van der Waals surface area contributed by atoms with Crippen LogP contribution >= 0.6 is 11.3 Å². The molecule has 0 saturated heterocycles. The van der Waals surface area contributed by atoms with Crippen LogP contribution in [0, 0.1) is 0 Å². The van der Waals surface area contributed by atoms with Crippen molar-refractivity contribution >= 4 is 11.3 Å². The quantitative estimate of drug-likeness (QED) is 0.728. The molecule has 0 aliphatic rings. The third-order valence-electron chi connectivity index (χ3n) is 2.20. The summed E-state index contributed by atoms with van der Waals surface area (Å²) < 4.78 is 0. The van der Waals surface area contributed by atoms with Crippen LogP contribution in [0.3, 0.4) is 0 Å². The number of hydrogen-bond donors (Lipinski definition) is 1. The first kappa shape index (κ1) is 11.7. The predicted octanol–water partition coefficient (Wildman–Crippen LogP) is 2.35. The molecule has 80 valence electrons. The van der Waals surface area contributed by atoms with E-state index in [9.17, 15) is 0 Å². The first-order chi connectivity index (χ1) is 6.70. The zero-order valence-electron chi connectivity index (χ0n) is 9.29. The van der Waals surface area contributed by atoms with E-state index < -0.39 is 0 Å².